The topological polar surface area (TPSA) is 203 Å². The summed E-state index contributed by atoms with van der Waals surface area (Å²) in [5.74, 6) is -2.11. The van der Waals surface area contributed by atoms with Crippen LogP contribution >= 0.6 is 0 Å². The second-order valence-electron chi connectivity index (χ2n) is 6.57. The summed E-state index contributed by atoms with van der Waals surface area (Å²) in [6.07, 6.45) is 2.10. The molecule has 3 aromatic rings. The molecule has 2 aromatic heterocycles. The molecule has 0 fully saturated rings. The number of amides is 1. The van der Waals surface area contributed by atoms with Gasteiger partial charge in [0, 0.05) is 17.7 Å². The summed E-state index contributed by atoms with van der Waals surface area (Å²) in [6.45, 7) is 0.240. The average Bonchev–Trinajstić information content (AvgIpc) is 2.79. The fraction of sp³-hybridized carbons (Fsp3) is 0.211. The molecule has 0 aliphatic carbocycles. The van der Waals surface area contributed by atoms with Crippen molar-refractivity contribution in [2.45, 2.75) is 25.4 Å². The summed E-state index contributed by atoms with van der Waals surface area (Å²) in [4.78, 5) is 60.9. The number of nitrogens with one attached hydrogen (secondary N) is 2. The van der Waals surface area contributed by atoms with Crippen LogP contribution in [-0.2, 0) is 16.1 Å². The lowest BCUT2D eigenvalue weighted by Gasteiger charge is -2.13. The van der Waals surface area contributed by atoms with Crippen LogP contribution in [0.15, 0.2) is 35.6 Å². The number of aliphatic carboxylic acids is 1. The van der Waals surface area contributed by atoms with E-state index < -0.39 is 17.9 Å². The number of hydrogen-bond acceptors (Lipinski definition) is 11. The molecule has 0 radical (unpaired) electrons. The quantitative estimate of drug-likeness (QED) is 0.261. The van der Waals surface area contributed by atoms with Crippen molar-refractivity contribution in [2.24, 2.45) is 5.18 Å². The smallest absolute Gasteiger partial charge is 0.326 e. The molecule has 0 saturated heterocycles. The molecule has 32 heavy (non-hydrogen) atoms. The van der Waals surface area contributed by atoms with E-state index in [0.717, 1.165) is 0 Å². The number of nitrogen functional groups attached to an aromatic ring is 1. The fourth-order valence-corrected chi connectivity index (χ4v) is 2.76. The molecule has 1 unspecified atom stereocenters. The SMILES string of the molecule is Nc1nc(N=O)c2nc(CNc3ccc(C(=O)NC(CCC=O)C(=O)O)cc3)cnc2n1. The Balaban J connectivity index is 1.65. The maximum absolute atomic E-state index is 12.3. The first-order valence-electron chi connectivity index (χ1n) is 9.35. The van der Waals surface area contributed by atoms with E-state index in [0.29, 0.717) is 17.7 Å². The number of carbonyl (C=O) groups is 3. The molecule has 1 aromatic carbocycles. The van der Waals surface area contributed by atoms with E-state index >= 15 is 0 Å². The molecular formula is C19H18N8O5. The second kappa shape index (κ2) is 9.97. The zero-order chi connectivity index (χ0) is 23.1. The Morgan fingerprint density at radius 3 is 2.59 bits per heavy atom. The number of nitrogens with zero attached hydrogens (tertiary/aromatic N) is 5. The lowest BCUT2D eigenvalue weighted by atomic mass is 10.1. The van der Waals surface area contributed by atoms with E-state index in [1.54, 1.807) is 12.1 Å². The van der Waals surface area contributed by atoms with E-state index in [1.165, 1.54) is 18.3 Å². The van der Waals surface area contributed by atoms with Crippen molar-refractivity contribution in [1.82, 2.24) is 25.3 Å². The average molecular weight is 438 g/mol. The van der Waals surface area contributed by atoms with Crippen LogP contribution < -0.4 is 16.4 Å². The van der Waals surface area contributed by atoms with Crippen LogP contribution in [0, 0.1) is 4.91 Å². The molecule has 1 atom stereocenters. The minimum Gasteiger partial charge on any atom is -0.480 e. The Morgan fingerprint density at radius 2 is 1.94 bits per heavy atom. The summed E-state index contributed by atoms with van der Waals surface area (Å²) in [5.41, 5.74) is 7.17. The minimum absolute atomic E-state index is 0.00990. The van der Waals surface area contributed by atoms with Gasteiger partial charge in [-0.05, 0) is 35.9 Å². The summed E-state index contributed by atoms with van der Waals surface area (Å²) < 4.78 is 0. The van der Waals surface area contributed by atoms with Crippen LogP contribution in [0.4, 0.5) is 17.5 Å². The van der Waals surface area contributed by atoms with E-state index in [2.05, 4.69) is 35.7 Å². The van der Waals surface area contributed by atoms with Crippen LogP contribution in [-0.4, -0.2) is 49.2 Å². The highest BCUT2D eigenvalue weighted by molar-refractivity contribution is 5.96. The van der Waals surface area contributed by atoms with Gasteiger partial charge in [0.1, 0.15) is 12.3 Å². The van der Waals surface area contributed by atoms with Crippen molar-refractivity contribution < 1.29 is 19.5 Å². The van der Waals surface area contributed by atoms with E-state index in [-0.39, 0.29) is 47.9 Å². The molecule has 3 rings (SSSR count). The van der Waals surface area contributed by atoms with Crippen LogP contribution in [0.2, 0.25) is 0 Å². The second-order valence-corrected chi connectivity index (χ2v) is 6.57. The highest BCUT2D eigenvalue weighted by Gasteiger charge is 2.20. The number of nitrogens with two attached hydrogens (primary N) is 1. The number of fused-ring (bicyclic) bond motifs is 1. The number of aromatic nitrogens is 4. The van der Waals surface area contributed by atoms with E-state index in [9.17, 15) is 19.3 Å². The zero-order valence-electron chi connectivity index (χ0n) is 16.6. The van der Waals surface area contributed by atoms with Crippen molar-refractivity contribution in [2.75, 3.05) is 11.1 Å². The molecule has 13 nitrogen and oxygen atoms in total. The molecule has 1 amide bonds. The number of aldehydes is 1. The Hall–Kier alpha value is -4.55. The van der Waals surface area contributed by atoms with Crippen LogP contribution in [0.25, 0.3) is 11.2 Å². The number of benzene rings is 1. The highest BCUT2D eigenvalue weighted by Crippen LogP contribution is 2.20. The largest absolute Gasteiger partial charge is 0.480 e. The summed E-state index contributed by atoms with van der Waals surface area (Å²) in [5, 5.41) is 17.4. The predicted molar refractivity (Wildman–Crippen MR) is 113 cm³/mol. The van der Waals surface area contributed by atoms with E-state index in [4.69, 9.17) is 10.8 Å². The first-order valence-corrected chi connectivity index (χ1v) is 9.35. The van der Waals surface area contributed by atoms with Gasteiger partial charge in [0.05, 0.1) is 18.4 Å². The third kappa shape index (κ3) is 5.33. The van der Waals surface area contributed by atoms with Gasteiger partial charge in [-0.2, -0.15) is 9.97 Å². The number of carboxylic acids is 1. The van der Waals surface area contributed by atoms with Gasteiger partial charge in [-0.25, -0.2) is 14.8 Å². The molecule has 13 heteroatoms. The van der Waals surface area contributed by atoms with Gasteiger partial charge in [-0.3, -0.25) is 4.79 Å². The third-order valence-corrected chi connectivity index (χ3v) is 4.34. The van der Waals surface area contributed by atoms with Crippen molar-refractivity contribution in [3.05, 3.63) is 46.6 Å². The minimum atomic E-state index is -1.21. The molecular weight excluding hydrogens is 420 g/mol. The first kappa shape index (κ1) is 22.1. The van der Waals surface area contributed by atoms with Crippen molar-refractivity contribution in [3.8, 4) is 0 Å². The van der Waals surface area contributed by atoms with Gasteiger partial charge < -0.3 is 26.3 Å². The summed E-state index contributed by atoms with van der Waals surface area (Å²) in [6, 6.07) is 5.16. The Bertz CT molecular complexity index is 1170. The van der Waals surface area contributed by atoms with Gasteiger partial charge in [0.15, 0.2) is 11.2 Å². The van der Waals surface area contributed by atoms with Crippen molar-refractivity contribution in [3.63, 3.8) is 0 Å². The van der Waals surface area contributed by atoms with Crippen molar-refractivity contribution in [1.29, 1.82) is 0 Å². The maximum atomic E-state index is 12.3. The molecule has 164 valence electrons. The van der Waals surface area contributed by atoms with Gasteiger partial charge in [-0.1, -0.05) is 0 Å². The highest BCUT2D eigenvalue weighted by atomic mass is 16.4. The number of rotatable bonds is 10. The standard InChI is InChI=1S/C19H18N8O5/c20-19-25-15-14(16(26-19)27-32)23-12(9-22-15)8-21-11-5-3-10(4-6-11)17(29)24-13(18(30)31)2-1-7-28/h3-7,9,13,21H,1-2,8H2,(H,24,29)(H,30,31)(H2,20,22,25,26). The number of nitroso groups, excluding NO2 is 1. The number of carboxylic acid groups (broad SMARTS) is 1. The van der Waals surface area contributed by atoms with E-state index in [1.807, 2.05) is 0 Å². The van der Waals surface area contributed by atoms with Gasteiger partial charge >= 0.3 is 5.97 Å². The predicted octanol–water partition coefficient (Wildman–Crippen LogP) is 1.17. The summed E-state index contributed by atoms with van der Waals surface area (Å²) in [7, 11) is 0. The fourth-order valence-electron chi connectivity index (χ4n) is 2.76. The Morgan fingerprint density at radius 1 is 1.19 bits per heavy atom. The zero-order valence-corrected chi connectivity index (χ0v) is 16.6. The number of carbonyl (C=O) groups excluding carboxylic acids is 2. The monoisotopic (exact) mass is 438 g/mol. The summed E-state index contributed by atoms with van der Waals surface area (Å²) >= 11 is 0. The van der Waals surface area contributed by atoms with Crippen molar-refractivity contribution >= 4 is 46.8 Å². The lowest BCUT2D eigenvalue weighted by molar-refractivity contribution is -0.139. The molecule has 5 N–H and O–H groups in total. The molecule has 0 aliphatic heterocycles. The molecule has 0 saturated carbocycles. The molecule has 0 spiro atoms. The van der Waals surface area contributed by atoms with Gasteiger partial charge in [-0.15, -0.1) is 4.91 Å². The molecule has 0 bridgehead atoms. The number of anilines is 2. The third-order valence-electron chi connectivity index (χ3n) is 4.34. The van der Waals surface area contributed by atoms with Crippen LogP contribution in [0.3, 0.4) is 0 Å². The van der Waals surface area contributed by atoms with Gasteiger partial charge in [0.2, 0.25) is 11.8 Å². The van der Waals surface area contributed by atoms with Crippen LogP contribution in [0.1, 0.15) is 28.9 Å². The Labute approximate surface area is 180 Å². The molecule has 0 aliphatic rings. The normalized spacial score (nSPS) is 11.5. The Kier molecular flexibility index (Phi) is 6.90. The van der Waals surface area contributed by atoms with Gasteiger partial charge in [0.25, 0.3) is 5.91 Å². The number of hydrogen-bond donors (Lipinski definition) is 4. The molecule has 2 heterocycles. The first-order chi connectivity index (χ1) is 15.4. The lowest BCUT2D eigenvalue weighted by Crippen LogP contribution is -2.40. The maximum Gasteiger partial charge on any atom is 0.326 e. The van der Waals surface area contributed by atoms with Crippen LogP contribution in [0.5, 0.6) is 0 Å².